The van der Waals surface area contributed by atoms with Gasteiger partial charge in [-0.25, -0.2) is 0 Å². The van der Waals surface area contributed by atoms with Gasteiger partial charge in [0.1, 0.15) is 0 Å². The minimum Gasteiger partial charge on any atom is -0.302 e. The molecule has 0 radical (unpaired) electrons. The number of likely N-dealkylation sites (N-methyl/N-ethyl adjacent to an activating group) is 3. The molecule has 0 bridgehead atoms. The first kappa shape index (κ1) is 19.8. The summed E-state index contributed by atoms with van der Waals surface area (Å²) in [6.07, 6.45) is 2.45. The zero-order valence-corrected chi connectivity index (χ0v) is 15.4. The van der Waals surface area contributed by atoms with Crippen molar-refractivity contribution >= 4 is 0 Å². The standard InChI is InChI=1S/C17H38N4O/c1-5-18-10-8-11-20(7-3)16-17-21(22-4)13-9-12-19(6-2)15-14-18/h5-17H2,1-4H3. The van der Waals surface area contributed by atoms with Crippen LogP contribution in [-0.2, 0) is 4.84 Å². The molecule has 0 aromatic carbocycles. The van der Waals surface area contributed by atoms with Crippen molar-refractivity contribution in [3.63, 3.8) is 0 Å². The molecule has 5 nitrogen and oxygen atoms in total. The largest absolute Gasteiger partial charge is 0.302 e. The Hall–Kier alpha value is -0.200. The molecule has 1 aliphatic heterocycles. The van der Waals surface area contributed by atoms with Crippen molar-refractivity contribution in [2.75, 3.05) is 79.1 Å². The number of hydrogen-bond acceptors (Lipinski definition) is 5. The lowest BCUT2D eigenvalue weighted by Gasteiger charge is -2.30. The minimum absolute atomic E-state index is 1.01. The number of rotatable bonds is 4. The van der Waals surface area contributed by atoms with Gasteiger partial charge in [-0.05, 0) is 52.1 Å². The third kappa shape index (κ3) is 7.88. The van der Waals surface area contributed by atoms with Crippen LogP contribution in [-0.4, -0.2) is 98.9 Å². The molecule has 0 aromatic rings. The Bertz CT molecular complexity index is 215. The van der Waals surface area contributed by atoms with Crippen LogP contribution in [0.4, 0.5) is 0 Å². The van der Waals surface area contributed by atoms with Crippen LogP contribution in [0.2, 0.25) is 0 Å². The highest BCUT2D eigenvalue weighted by Crippen LogP contribution is 2.02. The third-order valence-electron chi connectivity index (χ3n) is 4.83. The Balaban J connectivity index is 2.56. The van der Waals surface area contributed by atoms with Crippen molar-refractivity contribution in [3.05, 3.63) is 0 Å². The molecule has 0 amide bonds. The highest BCUT2D eigenvalue weighted by Gasteiger charge is 2.12. The van der Waals surface area contributed by atoms with Crippen molar-refractivity contribution in [3.8, 4) is 0 Å². The molecule has 1 heterocycles. The van der Waals surface area contributed by atoms with Gasteiger partial charge in [0, 0.05) is 32.7 Å². The Morgan fingerprint density at radius 3 is 1.41 bits per heavy atom. The predicted molar refractivity (Wildman–Crippen MR) is 94.2 cm³/mol. The van der Waals surface area contributed by atoms with Gasteiger partial charge in [-0.15, -0.1) is 0 Å². The zero-order chi connectivity index (χ0) is 16.2. The second-order valence-corrected chi connectivity index (χ2v) is 6.12. The van der Waals surface area contributed by atoms with E-state index in [4.69, 9.17) is 4.84 Å². The van der Waals surface area contributed by atoms with Gasteiger partial charge in [0.05, 0.1) is 7.11 Å². The molecule has 0 aliphatic carbocycles. The SMILES string of the molecule is CCN1CCCN(CC)CCN(OC)CCCN(CC)CC1. The molecule has 1 aliphatic rings. The molecule has 0 spiro atoms. The fraction of sp³-hybridized carbons (Fsp3) is 1.00. The van der Waals surface area contributed by atoms with Crippen LogP contribution in [0.25, 0.3) is 0 Å². The van der Waals surface area contributed by atoms with Gasteiger partial charge in [-0.3, -0.25) is 0 Å². The van der Waals surface area contributed by atoms with Gasteiger partial charge in [0.2, 0.25) is 0 Å². The number of nitrogens with zero attached hydrogens (tertiary/aromatic N) is 4. The van der Waals surface area contributed by atoms with E-state index in [0.717, 1.165) is 32.7 Å². The molecule has 0 atom stereocenters. The molecule has 0 N–H and O–H groups in total. The van der Waals surface area contributed by atoms with E-state index >= 15 is 0 Å². The quantitative estimate of drug-likeness (QED) is 0.784. The van der Waals surface area contributed by atoms with Gasteiger partial charge in [0.25, 0.3) is 0 Å². The first-order valence-corrected chi connectivity index (χ1v) is 9.19. The molecular formula is C17H38N4O. The van der Waals surface area contributed by atoms with Crippen molar-refractivity contribution in [1.29, 1.82) is 0 Å². The molecular weight excluding hydrogens is 276 g/mol. The second-order valence-electron chi connectivity index (χ2n) is 6.12. The van der Waals surface area contributed by atoms with E-state index in [1.54, 1.807) is 7.11 Å². The van der Waals surface area contributed by atoms with Gasteiger partial charge in [-0.1, -0.05) is 20.8 Å². The number of hydroxylamine groups is 2. The van der Waals surface area contributed by atoms with E-state index in [9.17, 15) is 0 Å². The Kier molecular flexibility index (Phi) is 11.1. The Morgan fingerprint density at radius 2 is 1.00 bits per heavy atom. The van der Waals surface area contributed by atoms with Crippen LogP contribution < -0.4 is 0 Å². The summed E-state index contributed by atoms with van der Waals surface area (Å²) in [4.78, 5) is 13.2. The Morgan fingerprint density at radius 1 is 0.591 bits per heavy atom. The van der Waals surface area contributed by atoms with E-state index in [2.05, 4.69) is 40.5 Å². The summed E-state index contributed by atoms with van der Waals surface area (Å²) in [5.41, 5.74) is 0. The molecule has 0 unspecified atom stereocenters. The fourth-order valence-electron chi connectivity index (χ4n) is 3.10. The first-order valence-electron chi connectivity index (χ1n) is 9.19. The maximum Gasteiger partial charge on any atom is 0.0575 e. The summed E-state index contributed by atoms with van der Waals surface area (Å²) in [7, 11) is 1.80. The maximum absolute atomic E-state index is 5.53. The molecule has 0 aromatic heterocycles. The molecule has 1 rings (SSSR count). The maximum atomic E-state index is 5.53. The van der Waals surface area contributed by atoms with Gasteiger partial charge in [0.15, 0.2) is 0 Å². The van der Waals surface area contributed by atoms with E-state index in [-0.39, 0.29) is 0 Å². The second kappa shape index (κ2) is 12.3. The summed E-state index contributed by atoms with van der Waals surface area (Å²) < 4.78 is 0. The minimum atomic E-state index is 1.01. The van der Waals surface area contributed by atoms with Crippen LogP contribution in [0.1, 0.15) is 33.6 Å². The van der Waals surface area contributed by atoms with Crippen LogP contribution in [0, 0.1) is 0 Å². The molecule has 1 fully saturated rings. The van der Waals surface area contributed by atoms with E-state index in [0.29, 0.717) is 0 Å². The van der Waals surface area contributed by atoms with Crippen LogP contribution in [0.15, 0.2) is 0 Å². The average molecular weight is 315 g/mol. The molecule has 5 heteroatoms. The zero-order valence-electron chi connectivity index (χ0n) is 15.4. The van der Waals surface area contributed by atoms with Gasteiger partial charge in [-0.2, -0.15) is 5.06 Å². The van der Waals surface area contributed by atoms with E-state index in [1.165, 1.54) is 52.1 Å². The predicted octanol–water partition coefficient (Wildman–Crippen LogP) is 1.61. The summed E-state index contributed by atoms with van der Waals surface area (Å²) in [5.74, 6) is 0. The smallest absolute Gasteiger partial charge is 0.0575 e. The molecule has 0 saturated carbocycles. The first-order chi connectivity index (χ1) is 10.7. The van der Waals surface area contributed by atoms with Crippen LogP contribution in [0.3, 0.4) is 0 Å². The van der Waals surface area contributed by atoms with E-state index < -0.39 is 0 Å². The third-order valence-corrected chi connectivity index (χ3v) is 4.83. The van der Waals surface area contributed by atoms with Gasteiger partial charge >= 0.3 is 0 Å². The summed E-state index contributed by atoms with van der Waals surface area (Å²) in [5, 5.41) is 2.13. The van der Waals surface area contributed by atoms with Crippen LogP contribution >= 0.6 is 0 Å². The van der Waals surface area contributed by atoms with Crippen molar-refractivity contribution in [2.24, 2.45) is 0 Å². The average Bonchev–Trinajstić information content (AvgIpc) is 2.56. The summed E-state index contributed by atoms with van der Waals surface area (Å²) in [6, 6.07) is 0. The number of hydrogen-bond donors (Lipinski definition) is 0. The lowest BCUT2D eigenvalue weighted by atomic mass is 10.3. The molecule has 22 heavy (non-hydrogen) atoms. The van der Waals surface area contributed by atoms with Crippen molar-refractivity contribution in [1.82, 2.24) is 19.8 Å². The Labute approximate surface area is 138 Å². The van der Waals surface area contributed by atoms with Gasteiger partial charge < -0.3 is 19.5 Å². The molecule has 132 valence electrons. The van der Waals surface area contributed by atoms with E-state index in [1.807, 2.05) is 0 Å². The lowest BCUT2D eigenvalue weighted by Crippen LogP contribution is -2.40. The summed E-state index contributed by atoms with van der Waals surface area (Å²) in [6.45, 7) is 19.4. The monoisotopic (exact) mass is 314 g/mol. The van der Waals surface area contributed by atoms with Crippen LogP contribution in [0.5, 0.6) is 0 Å². The van der Waals surface area contributed by atoms with Crippen molar-refractivity contribution in [2.45, 2.75) is 33.6 Å². The lowest BCUT2D eigenvalue weighted by molar-refractivity contribution is -0.135. The summed E-state index contributed by atoms with van der Waals surface area (Å²) >= 11 is 0. The fourth-order valence-corrected chi connectivity index (χ4v) is 3.10. The highest BCUT2D eigenvalue weighted by atomic mass is 16.7. The van der Waals surface area contributed by atoms with Crippen molar-refractivity contribution < 1.29 is 4.84 Å². The molecule has 1 saturated heterocycles. The normalized spacial score (nSPS) is 23.5. The highest BCUT2D eigenvalue weighted by molar-refractivity contribution is 4.66. The topological polar surface area (TPSA) is 22.2 Å².